The molecule has 1 saturated heterocycles. The number of morpholine rings is 1. The van der Waals surface area contributed by atoms with Crippen LogP contribution in [0.25, 0.3) is 22.4 Å². The zero-order valence-electron chi connectivity index (χ0n) is 16.5. The molecule has 29 heavy (non-hydrogen) atoms. The number of hydrogen-bond acceptors (Lipinski definition) is 7. The molecule has 1 aliphatic heterocycles. The molecule has 0 amide bonds. The first-order chi connectivity index (χ1) is 13.9. The van der Waals surface area contributed by atoms with Gasteiger partial charge in [-0.2, -0.15) is 0 Å². The SMILES string of the molecule is C[C@@H]1COCCN1c1cc([C@@H]2C[C@H]2[S@](C)(=N)=O)nc(-c2ccnc3[nH]ccc23)n1. The molecule has 3 aromatic rings. The molecule has 1 aliphatic carbocycles. The van der Waals surface area contributed by atoms with E-state index >= 15 is 0 Å². The normalized spacial score (nSPS) is 26.4. The highest BCUT2D eigenvalue weighted by Gasteiger charge is 2.45. The lowest BCUT2D eigenvalue weighted by Gasteiger charge is -2.34. The molecule has 152 valence electrons. The molecule has 2 N–H and O–H groups in total. The number of nitrogens with zero attached hydrogens (tertiary/aromatic N) is 4. The lowest BCUT2D eigenvalue weighted by Crippen LogP contribution is -2.44. The highest BCUT2D eigenvalue weighted by atomic mass is 32.2. The molecule has 1 saturated carbocycles. The van der Waals surface area contributed by atoms with Crippen molar-refractivity contribution in [1.82, 2.24) is 19.9 Å². The Morgan fingerprint density at radius 2 is 2.21 bits per heavy atom. The van der Waals surface area contributed by atoms with Crippen LogP contribution in [0.3, 0.4) is 0 Å². The second kappa shape index (κ2) is 6.77. The molecule has 9 heteroatoms. The summed E-state index contributed by atoms with van der Waals surface area (Å²) in [5.41, 5.74) is 2.58. The van der Waals surface area contributed by atoms with E-state index in [1.165, 1.54) is 6.26 Å². The van der Waals surface area contributed by atoms with Crippen molar-refractivity contribution in [3.63, 3.8) is 0 Å². The van der Waals surface area contributed by atoms with Crippen molar-refractivity contribution in [3.05, 3.63) is 36.3 Å². The third-order valence-corrected chi connectivity index (χ3v) is 7.46. The average Bonchev–Trinajstić information content (AvgIpc) is 3.38. The van der Waals surface area contributed by atoms with Crippen molar-refractivity contribution in [2.24, 2.45) is 0 Å². The summed E-state index contributed by atoms with van der Waals surface area (Å²) in [5, 5.41) is 0.836. The number of aromatic nitrogens is 4. The maximum absolute atomic E-state index is 12.3. The minimum Gasteiger partial charge on any atom is -0.377 e. The first-order valence-electron chi connectivity index (χ1n) is 9.80. The number of nitrogens with one attached hydrogen (secondary N) is 2. The maximum Gasteiger partial charge on any atom is 0.162 e. The molecule has 5 rings (SSSR count). The minimum atomic E-state index is -2.59. The van der Waals surface area contributed by atoms with Gasteiger partial charge >= 0.3 is 0 Å². The first kappa shape index (κ1) is 18.5. The van der Waals surface area contributed by atoms with Crippen LogP contribution in [0.1, 0.15) is 25.0 Å². The molecule has 2 fully saturated rings. The third kappa shape index (κ3) is 3.38. The summed E-state index contributed by atoms with van der Waals surface area (Å²) >= 11 is 0. The van der Waals surface area contributed by atoms with E-state index in [1.807, 2.05) is 24.4 Å². The van der Waals surface area contributed by atoms with E-state index in [4.69, 9.17) is 19.5 Å². The van der Waals surface area contributed by atoms with Crippen LogP contribution in [0, 0.1) is 4.78 Å². The summed E-state index contributed by atoms with van der Waals surface area (Å²) in [4.78, 5) is 19.5. The Labute approximate surface area is 169 Å². The molecule has 3 aromatic heterocycles. The number of hydrogen-bond donors (Lipinski definition) is 2. The Bertz CT molecular complexity index is 1170. The Kier molecular flexibility index (Phi) is 4.32. The van der Waals surface area contributed by atoms with Gasteiger partial charge in [-0.15, -0.1) is 0 Å². The Hall–Kier alpha value is -2.52. The second-order valence-electron chi connectivity index (χ2n) is 7.97. The molecule has 4 atom stereocenters. The zero-order valence-corrected chi connectivity index (χ0v) is 17.3. The molecule has 8 nitrogen and oxygen atoms in total. The molecule has 2 aliphatic rings. The van der Waals surface area contributed by atoms with E-state index in [2.05, 4.69) is 21.8 Å². The van der Waals surface area contributed by atoms with Crippen molar-refractivity contribution in [2.45, 2.75) is 30.6 Å². The van der Waals surface area contributed by atoms with Crippen LogP contribution >= 0.6 is 0 Å². The van der Waals surface area contributed by atoms with E-state index in [9.17, 15) is 4.21 Å². The van der Waals surface area contributed by atoms with Crippen molar-refractivity contribution in [3.8, 4) is 11.4 Å². The molecule has 0 aromatic carbocycles. The van der Waals surface area contributed by atoms with Gasteiger partial charge in [-0.1, -0.05) is 0 Å². The van der Waals surface area contributed by atoms with Crippen molar-refractivity contribution in [2.75, 3.05) is 30.9 Å². The number of pyridine rings is 1. The minimum absolute atomic E-state index is 0.0467. The Morgan fingerprint density at radius 3 is 2.97 bits per heavy atom. The van der Waals surface area contributed by atoms with Gasteiger partial charge in [0.1, 0.15) is 11.5 Å². The van der Waals surface area contributed by atoms with Gasteiger partial charge in [-0.05, 0) is 25.5 Å². The van der Waals surface area contributed by atoms with E-state index in [1.54, 1.807) is 6.20 Å². The predicted molar refractivity (Wildman–Crippen MR) is 113 cm³/mol. The van der Waals surface area contributed by atoms with Crippen LogP contribution < -0.4 is 4.90 Å². The Morgan fingerprint density at radius 1 is 1.34 bits per heavy atom. The summed E-state index contributed by atoms with van der Waals surface area (Å²) in [6, 6.07) is 6.13. The fraction of sp³-hybridized carbons (Fsp3) is 0.450. The molecule has 0 spiro atoms. The standard InChI is InChI=1S/C20H24N6O2S/c1-12-11-28-8-7-26(12)18-10-16(15-9-17(15)29(2,21)27)24-20(25-18)14-4-6-23-19-13(14)3-5-22-19/h3-6,10,12,15,17,21H,7-9,11H2,1-2H3,(H,22,23)/t12-,15+,17-,29-/m1/s1. The van der Waals surface area contributed by atoms with Crippen LogP contribution in [0.15, 0.2) is 30.6 Å². The van der Waals surface area contributed by atoms with Gasteiger partial charge in [0, 0.05) is 57.9 Å². The lowest BCUT2D eigenvalue weighted by atomic mass is 10.1. The van der Waals surface area contributed by atoms with Crippen molar-refractivity contribution < 1.29 is 8.95 Å². The largest absolute Gasteiger partial charge is 0.377 e. The van der Waals surface area contributed by atoms with Gasteiger partial charge in [0.15, 0.2) is 5.82 Å². The summed E-state index contributed by atoms with van der Waals surface area (Å²) < 4.78 is 25.8. The van der Waals surface area contributed by atoms with E-state index in [0.29, 0.717) is 19.0 Å². The lowest BCUT2D eigenvalue weighted by molar-refractivity contribution is 0.0985. The quantitative estimate of drug-likeness (QED) is 0.682. The maximum atomic E-state index is 12.3. The van der Waals surface area contributed by atoms with E-state index in [0.717, 1.165) is 41.1 Å². The molecule has 0 bridgehead atoms. The Balaban J connectivity index is 1.63. The first-order valence-corrected chi connectivity index (χ1v) is 11.8. The third-order valence-electron chi connectivity index (χ3n) is 5.78. The predicted octanol–water partition coefficient (Wildman–Crippen LogP) is 2.78. The molecule has 4 heterocycles. The van der Waals surface area contributed by atoms with Crippen molar-refractivity contribution in [1.29, 1.82) is 4.78 Å². The molecular weight excluding hydrogens is 388 g/mol. The van der Waals surface area contributed by atoms with Gasteiger partial charge in [0.05, 0.1) is 30.2 Å². The monoisotopic (exact) mass is 412 g/mol. The van der Waals surface area contributed by atoms with Crippen molar-refractivity contribution >= 4 is 26.6 Å². The number of fused-ring (bicyclic) bond motifs is 1. The summed E-state index contributed by atoms with van der Waals surface area (Å²) in [6.45, 7) is 4.22. The van der Waals surface area contributed by atoms with Gasteiger partial charge < -0.3 is 14.6 Å². The topological polar surface area (TPSA) is 108 Å². The molecular formula is C20H24N6O2S. The number of ether oxygens (including phenoxy) is 1. The zero-order chi connectivity index (χ0) is 20.2. The van der Waals surface area contributed by atoms with Crippen LogP contribution in [0.4, 0.5) is 5.82 Å². The van der Waals surface area contributed by atoms with Gasteiger partial charge in [0.25, 0.3) is 0 Å². The highest BCUT2D eigenvalue weighted by Crippen LogP contribution is 2.46. The summed E-state index contributed by atoms with van der Waals surface area (Å²) in [6.07, 6.45) is 5.88. The van der Waals surface area contributed by atoms with Gasteiger partial charge in [0.2, 0.25) is 0 Å². The van der Waals surface area contributed by atoms with E-state index < -0.39 is 9.73 Å². The number of H-pyrrole nitrogens is 1. The number of anilines is 1. The van der Waals surface area contributed by atoms with Crippen LogP contribution in [-0.4, -0.2) is 61.5 Å². The van der Waals surface area contributed by atoms with Crippen LogP contribution in [0.2, 0.25) is 0 Å². The van der Waals surface area contributed by atoms with Crippen LogP contribution in [0.5, 0.6) is 0 Å². The smallest absolute Gasteiger partial charge is 0.162 e. The second-order valence-corrected chi connectivity index (χ2v) is 10.4. The average molecular weight is 413 g/mol. The molecule has 0 unspecified atom stereocenters. The van der Waals surface area contributed by atoms with Gasteiger partial charge in [-0.25, -0.2) is 19.2 Å². The molecule has 0 radical (unpaired) electrons. The fourth-order valence-corrected chi connectivity index (χ4v) is 5.45. The number of rotatable bonds is 4. The summed E-state index contributed by atoms with van der Waals surface area (Å²) in [5.74, 6) is 1.55. The fourth-order valence-electron chi connectivity index (χ4n) is 4.11. The number of aromatic amines is 1. The van der Waals surface area contributed by atoms with Gasteiger partial charge in [-0.3, -0.25) is 4.78 Å². The highest BCUT2D eigenvalue weighted by molar-refractivity contribution is 7.92. The summed E-state index contributed by atoms with van der Waals surface area (Å²) in [7, 11) is -2.59. The van der Waals surface area contributed by atoms with E-state index in [-0.39, 0.29) is 17.2 Å². The van der Waals surface area contributed by atoms with Crippen LogP contribution in [-0.2, 0) is 14.5 Å².